The van der Waals surface area contributed by atoms with Crippen molar-refractivity contribution in [1.29, 1.82) is 0 Å². The summed E-state index contributed by atoms with van der Waals surface area (Å²) in [6.07, 6.45) is 5.16. The minimum Gasteiger partial charge on any atom is -0.368 e. The molecule has 2 N–H and O–H groups in total. The molecule has 4 rings (SSSR count). The van der Waals surface area contributed by atoms with Crippen molar-refractivity contribution in [3.63, 3.8) is 0 Å². The number of aryl methyl sites for hydroxylation is 1. The van der Waals surface area contributed by atoms with Crippen molar-refractivity contribution in [1.82, 2.24) is 19.9 Å². The standard InChI is InChI=1S/C21H23N5O3/c1-26-17-7-6-15(24-20(27)14-4-2-9-22-13-14)12-16(17)25-19(26)8-10-23-21(28)18-5-3-11-29-18/h2,4,6-7,9,12-13,18H,3,5,8,10-11H2,1H3,(H,23,28)(H,24,27)/t18-/m0/s1. The largest absolute Gasteiger partial charge is 0.368 e. The van der Waals surface area contributed by atoms with Crippen LogP contribution in [0.3, 0.4) is 0 Å². The topological polar surface area (TPSA) is 98.1 Å². The van der Waals surface area contributed by atoms with Crippen LogP contribution in [0, 0.1) is 0 Å². The minimum absolute atomic E-state index is 0.0540. The summed E-state index contributed by atoms with van der Waals surface area (Å²) in [6.45, 7) is 1.16. The number of amides is 2. The molecule has 8 nitrogen and oxygen atoms in total. The molecule has 0 aliphatic carbocycles. The molecule has 1 fully saturated rings. The number of pyridine rings is 1. The number of ether oxygens (including phenoxy) is 1. The molecule has 0 unspecified atom stereocenters. The van der Waals surface area contributed by atoms with Crippen LogP contribution in [-0.2, 0) is 23.0 Å². The Morgan fingerprint density at radius 1 is 1.31 bits per heavy atom. The van der Waals surface area contributed by atoms with E-state index in [4.69, 9.17) is 4.74 Å². The lowest BCUT2D eigenvalue weighted by atomic mass is 10.2. The molecule has 1 saturated heterocycles. The number of imidazole rings is 1. The van der Waals surface area contributed by atoms with Gasteiger partial charge in [-0.15, -0.1) is 0 Å². The Hall–Kier alpha value is -3.26. The van der Waals surface area contributed by atoms with E-state index in [2.05, 4.69) is 20.6 Å². The third-order valence-electron chi connectivity index (χ3n) is 5.02. The molecule has 0 spiro atoms. The van der Waals surface area contributed by atoms with Gasteiger partial charge in [-0.25, -0.2) is 4.98 Å². The highest BCUT2D eigenvalue weighted by atomic mass is 16.5. The maximum Gasteiger partial charge on any atom is 0.257 e. The number of rotatable bonds is 6. The van der Waals surface area contributed by atoms with Crippen LogP contribution in [0.5, 0.6) is 0 Å². The third kappa shape index (κ3) is 4.27. The third-order valence-corrected chi connectivity index (χ3v) is 5.02. The van der Waals surface area contributed by atoms with Gasteiger partial charge in [0.15, 0.2) is 0 Å². The maximum absolute atomic E-state index is 12.3. The van der Waals surface area contributed by atoms with Gasteiger partial charge in [0.1, 0.15) is 11.9 Å². The number of nitrogens with one attached hydrogen (secondary N) is 2. The van der Waals surface area contributed by atoms with Crippen molar-refractivity contribution in [3.05, 3.63) is 54.1 Å². The first-order valence-electron chi connectivity index (χ1n) is 9.68. The fourth-order valence-electron chi connectivity index (χ4n) is 3.45. The summed E-state index contributed by atoms with van der Waals surface area (Å²) in [7, 11) is 1.94. The van der Waals surface area contributed by atoms with Gasteiger partial charge in [0.25, 0.3) is 5.91 Å². The molecule has 8 heteroatoms. The zero-order valence-corrected chi connectivity index (χ0v) is 16.2. The van der Waals surface area contributed by atoms with Gasteiger partial charge in [0.2, 0.25) is 5.91 Å². The summed E-state index contributed by atoms with van der Waals surface area (Å²) in [5, 5.41) is 5.79. The number of benzene rings is 1. The summed E-state index contributed by atoms with van der Waals surface area (Å²) in [5.41, 5.74) is 2.92. The van der Waals surface area contributed by atoms with E-state index in [1.165, 1.54) is 6.20 Å². The predicted octanol–water partition coefficient (Wildman–Crippen LogP) is 2.06. The smallest absolute Gasteiger partial charge is 0.257 e. The minimum atomic E-state index is -0.318. The van der Waals surface area contributed by atoms with E-state index in [0.717, 1.165) is 29.7 Å². The van der Waals surface area contributed by atoms with Crippen molar-refractivity contribution in [2.45, 2.75) is 25.4 Å². The van der Waals surface area contributed by atoms with E-state index in [9.17, 15) is 9.59 Å². The van der Waals surface area contributed by atoms with Crippen LogP contribution >= 0.6 is 0 Å². The summed E-state index contributed by atoms with van der Waals surface area (Å²) in [5.74, 6) is 0.593. The molecule has 1 atom stereocenters. The lowest BCUT2D eigenvalue weighted by molar-refractivity contribution is -0.130. The number of aromatic nitrogens is 3. The maximum atomic E-state index is 12.3. The predicted molar refractivity (Wildman–Crippen MR) is 109 cm³/mol. The van der Waals surface area contributed by atoms with Crippen LogP contribution in [0.2, 0.25) is 0 Å². The monoisotopic (exact) mass is 393 g/mol. The molecule has 150 valence electrons. The molecule has 1 aromatic carbocycles. The average Bonchev–Trinajstić information content (AvgIpc) is 3.37. The molecule has 2 aromatic heterocycles. The Balaban J connectivity index is 1.41. The first-order chi connectivity index (χ1) is 14.1. The van der Waals surface area contributed by atoms with Gasteiger partial charge in [0, 0.05) is 44.7 Å². The Morgan fingerprint density at radius 3 is 2.97 bits per heavy atom. The van der Waals surface area contributed by atoms with E-state index in [0.29, 0.717) is 30.8 Å². The molecule has 0 radical (unpaired) electrons. The number of hydrogen-bond donors (Lipinski definition) is 2. The molecule has 3 heterocycles. The highest BCUT2D eigenvalue weighted by Crippen LogP contribution is 2.20. The van der Waals surface area contributed by atoms with Crippen LogP contribution in [0.4, 0.5) is 5.69 Å². The number of carbonyl (C=O) groups excluding carboxylic acids is 2. The highest BCUT2D eigenvalue weighted by molar-refractivity contribution is 6.04. The number of hydrogen-bond acceptors (Lipinski definition) is 5. The molecular formula is C21H23N5O3. The Labute approximate surface area is 168 Å². The molecule has 0 saturated carbocycles. The second kappa shape index (κ2) is 8.40. The lowest BCUT2D eigenvalue weighted by Crippen LogP contribution is -2.35. The Kier molecular flexibility index (Phi) is 5.53. The molecule has 1 aliphatic rings. The number of carbonyl (C=O) groups is 2. The van der Waals surface area contributed by atoms with Gasteiger partial charge in [-0.3, -0.25) is 14.6 Å². The zero-order valence-electron chi connectivity index (χ0n) is 16.2. The Morgan fingerprint density at radius 2 is 2.21 bits per heavy atom. The van der Waals surface area contributed by atoms with Crippen molar-refractivity contribution in [2.75, 3.05) is 18.5 Å². The van der Waals surface area contributed by atoms with Crippen molar-refractivity contribution < 1.29 is 14.3 Å². The average molecular weight is 393 g/mol. The fourth-order valence-corrected chi connectivity index (χ4v) is 3.45. The van der Waals surface area contributed by atoms with Gasteiger partial charge < -0.3 is 19.9 Å². The number of anilines is 1. The molecule has 2 amide bonds. The highest BCUT2D eigenvalue weighted by Gasteiger charge is 2.23. The van der Waals surface area contributed by atoms with E-state index in [-0.39, 0.29) is 17.9 Å². The second-order valence-corrected chi connectivity index (χ2v) is 7.03. The van der Waals surface area contributed by atoms with E-state index in [1.54, 1.807) is 18.3 Å². The summed E-state index contributed by atoms with van der Waals surface area (Å²) < 4.78 is 7.40. The summed E-state index contributed by atoms with van der Waals surface area (Å²) in [6, 6.07) is 9.06. The molecular weight excluding hydrogens is 370 g/mol. The molecule has 1 aliphatic heterocycles. The van der Waals surface area contributed by atoms with E-state index < -0.39 is 0 Å². The Bertz CT molecular complexity index is 1030. The van der Waals surface area contributed by atoms with Gasteiger partial charge >= 0.3 is 0 Å². The van der Waals surface area contributed by atoms with Crippen molar-refractivity contribution >= 4 is 28.5 Å². The van der Waals surface area contributed by atoms with Crippen LogP contribution in [0.25, 0.3) is 11.0 Å². The van der Waals surface area contributed by atoms with Gasteiger partial charge in [-0.2, -0.15) is 0 Å². The quantitative estimate of drug-likeness (QED) is 0.668. The summed E-state index contributed by atoms with van der Waals surface area (Å²) >= 11 is 0. The summed E-state index contributed by atoms with van der Waals surface area (Å²) in [4.78, 5) is 33.0. The molecule has 0 bridgehead atoms. The number of nitrogens with zero attached hydrogens (tertiary/aromatic N) is 3. The normalized spacial score (nSPS) is 16.1. The molecule has 3 aromatic rings. The van der Waals surface area contributed by atoms with Crippen LogP contribution in [0.15, 0.2) is 42.7 Å². The van der Waals surface area contributed by atoms with E-state index in [1.807, 2.05) is 29.8 Å². The molecule has 29 heavy (non-hydrogen) atoms. The van der Waals surface area contributed by atoms with Crippen LogP contribution < -0.4 is 10.6 Å². The zero-order chi connectivity index (χ0) is 20.2. The first-order valence-corrected chi connectivity index (χ1v) is 9.68. The first kappa shape index (κ1) is 19.1. The van der Waals surface area contributed by atoms with Crippen LogP contribution in [-0.4, -0.2) is 45.6 Å². The van der Waals surface area contributed by atoms with Crippen LogP contribution in [0.1, 0.15) is 29.0 Å². The van der Waals surface area contributed by atoms with Gasteiger partial charge in [-0.05, 0) is 43.2 Å². The number of fused-ring (bicyclic) bond motifs is 1. The lowest BCUT2D eigenvalue weighted by Gasteiger charge is -2.10. The SMILES string of the molecule is Cn1c(CCNC(=O)[C@@H]2CCCO2)nc2cc(NC(=O)c3cccnc3)ccc21. The van der Waals surface area contributed by atoms with Crippen molar-refractivity contribution in [2.24, 2.45) is 7.05 Å². The van der Waals surface area contributed by atoms with E-state index >= 15 is 0 Å². The second-order valence-electron chi connectivity index (χ2n) is 7.03. The van der Waals surface area contributed by atoms with Crippen molar-refractivity contribution in [3.8, 4) is 0 Å². The fraction of sp³-hybridized carbons (Fsp3) is 0.333. The van der Waals surface area contributed by atoms with Gasteiger partial charge in [0.05, 0.1) is 16.6 Å². The van der Waals surface area contributed by atoms with Gasteiger partial charge in [-0.1, -0.05) is 0 Å².